The Balaban J connectivity index is 2.45. The van der Waals surface area contributed by atoms with Gasteiger partial charge in [0.1, 0.15) is 0 Å². The molecule has 1 N–H and O–H groups in total. The monoisotopic (exact) mass is 273 g/mol. The van der Waals surface area contributed by atoms with Crippen LogP contribution in [0.3, 0.4) is 0 Å². The number of rotatable bonds is 3. The lowest BCUT2D eigenvalue weighted by Crippen LogP contribution is -2.43. The van der Waals surface area contributed by atoms with Crippen LogP contribution >= 0.6 is 0 Å². The normalized spacial score (nSPS) is 23.2. The van der Waals surface area contributed by atoms with E-state index in [0.717, 1.165) is 19.3 Å². The molecule has 1 fully saturated rings. The first-order valence-electron chi connectivity index (χ1n) is 5.97. The second kappa shape index (κ2) is 6.55. The van der Waals surface area contributed by atoms with Crippen molar-refractivity contribution in [1.82, 2.24) is 5.48 Å². The number of hydrogen-bond donors (Lipinski definition) is 1. The van der Waals surface area contributed by atoms with Gasteiger partial charge in [-0.3, -0.25) is 0 Å². The highest BCUT2D eigenvalue weighted by Gasteiger charge is 2.35. The molecule has 0 aromatic carbocycles. The zero-order chi connectivity index (χ0) is 13.6. The minimum absolute atomic E-state index is 0.206. The van der Waals surface area contributed by atoms with Crippen molar-refractivity contribution in [1.29, 1.82) is 0 Å². The number of hydroxylamine groups is 1. The van der Waals surface area contributed by atoms with Crippen molar-refractivity contribution in [3.05, 3.63) is 12.2 Å². The van der Waals surface area contributed by atoms with E-state index in [9.17, 15) is 9.59 Å². The Labute approximate surface area is 109 Å². The fourth-order valence-corrected chi connectivity index (χ4v) is 2.46. The van der Waals surface area contributed by atoms with Crippen LogP contribution in [0.25, 0.3) is 0 Å². The van der Waals surface area contributed by atoms with Gasteiger partial charge in [-0.05, 0) is 26.2 Å². The van der Waals surface area contributed by atoms with Gasteiger partial charge in [0.05, 0.1) is 17.4 Å². The maximum atomic E-state index is 11.7. The molecule has 1 atom stereocenters. The maximum Gasteiger partial charge on any atom is 0.440 e. The van der Waals surface area contributed by atoms with Gasteiger partial charge < -0.3 is 14.3 Å². The van der Waals surface area contributed by atoms with E-state index in [-0.39, 0.29) is 12.2 Å². The van der Waals surface area contributed by atoms with Crippen LogP contribution in [0.1, 0.15) is 26.2 Å². The molecule has 0 aromatic rings. The standard InChI is InChI=1S/C11H19NO5Si/c1-3-15-10(14)12-17-9(13)8(2)11(18)6-4-5-7-16-11/h2-7H2,1,18H3,(H,12,14). The van der Waals surface area contributed by atoms with Gasteiger partial charge in [0.15, 0.2) is 0 Å². The molecule has 7 heteroatoms. The number of nitrogens with one attached hydrogen (secondary N) is 1. The molecule has 1 amide bonds. The van der Waals surface area contributed by atoms with Gasteiger partial charge in [0.25, 0.3) is 0 Å². The highest BCUT2D eigenvalue weighted by Crippen LogP contribution is 2.28. The predicted octanol–water partition coefficient (Wildman–Crippen LogP) is 0.00910. The van der Waals surface area contributed by atoms with Gasteiger partial charge in [-0.25, -0.2) is 9.59 Å². The molecule has 102 valence electrons. The summed E-state index contributed by atoms with van der Waals surface area (Å²) < 4.78 is 10.2. The van der Waals surface area contributed by atoms with E-state index < -0.39 is 17.3 Å². The van der Waals surface area contributed by atoms with Gasteiger partial charge in [-0.1, -0.05) is 6.58 Å². The number of hydrogen-bond acceptors (Lipinski definition) is 5. The van der Waals surface area contributed by atoms with E-state index in [2.05, 4.69) is 16.2 Å². The zero-order valence-corrected chi connectivity index (χ0v) is 12.8. The van der Waals surface area contributed by atoms with Gasteiger partial charge in [0, 0.05) is 16.8 Å². The summed E-state index contributed by atoms with van der Waals surface area (Å²) in [6.45, 7) is 6.21. The van der Waals surface area contributed by atoms with Crippen LogP contribution in [0.2, 0.25) is 0 Å². The third-order valence-corrected chi connectivity index (χ3v) is 4.25. The summed E-state index contributed by atoms with van der Waals surface area (Å²) in [6, 6.07) is 0. The van der Waals surface area contributed by atoms with Crippen LogP contribution in [-0.2, 0) is 19.1 Å². The van der Waals surface area contributed by atoms with Crippen molar-refractivity contribution in [2.24, 2.45) is 0 Å². The largest absolute Gasteiger partial charge is 0.448 e. The molecule has 6 nitrogen and oxygen atoms in total. The lowest BCUT2D eigenvalue weighted by molar-refractivity contribution is -0.147. The lowest BCUT2D eigenvalue weighted by Gasteiger charge is -2.34. The van der Waals surface area contributed by atoms with Crippen molar-refractivity contribution < 1.29 is 23.9 Å². The Hall–Kier alpha value is -1.34. The Morgan fingerprint density at radius 3 is 2.78 bits per heavy atom. The molecule has 0 spiro atoms. The smallest absolute Gasteiger partial charge is 0.440 e. The highest BCUT2D eigenvalue weighted by molar-refractivity contribution is 6.20. The Bertz CT molecular complexity index is 338. The third kappa shape index (κ3) is 3.85. The second-order valence-electron chi connectivity index (χ2n) is 4.23. The van der Waals surface area contributed by atoms with Gasteiger partial charge in [-0.15, -0.1) is 5.48 Å². The summed E-state index contributed by atoms with van der Waals surface area (Å²) in [4.78, 5) is 27.3. The molecule has 1 saturated heterocycles. The summed E-state index contributed by atoms with van der Waals surface area (Å²) >= 11 is 0. The first-order valence-corrected chi connectivity index (χ1v) is 6.97. The quantitative estimate of drug-likeness (QED) is 0.445. The van der Waals surface area contributed by atoms with Crippen molar-refractivity contribution in [2.45, 2.75) is 31.4 Å². The Morgan fingerprint density at radius 2 is 2.22 bits per heavy atom. The van der Waals surface area contributed by atoms with Crippen LogP contribution in [0.15, 0.2) is 12.2 Å². The molecule has 1 aliphatic heterocycles. The molecule has 0 aliphatic carbocycles. The molecule has 1 heterocycles. The van der Waals surface area contributed by atoms with Crippen LogP contribution < -0.4 is 5.48 Å². The van der Waals surface area contributed by atoms with E-state index in [1.807, 2.05) is 5.48 Å². The van der Waals surface area contributed by atoms with E-state index in [1.54, 1.807) is 6.92 Å². The van der Waals surface area contributed by atoms with Crippen molar-refractivity contribution in [3.8, 4) is 0 Å². The molecule has 1 unspecified atom stereocenters. The Morgan fingerprint density at radius 1 is 1.50 bits per heavy atom. The molecule has 1 aliphatic rings. The first-order chi connectivity index (χ1) is 8.49. The third-order valence-electron chi connectivity index (χ3n) is 2.86. The summed E-state index contributed by atoms with van der Waals surface area (Å²) in [5, 5.41) is -0.578. The molecule has 1 rings (SSSR count). The fraction of sp³-hybridized carbons (Fsp3) is 0.636. The number of amides is 1. The zero-order valence-electron chi connectivity index (χ0n) is 10.8. The predicted molar refractivity (Wildman–Crippen MR) is 67.9 cm³/mol. The average Bonchev–Trinajstić information content (AvgIpc) is 2.36. The molecule has 18 heavy (non-hydrogen) atoms. The van der Waals surface area contributed by atoms with E-state index in [4.69, 9.17) is 4.74 Å². The lowest BCUT2D eigenvalue weighted by atomic mass is 10.0. The summed E-state index contributed by atoms with van der Waals surface area (Å²) in [7, 11) is 0.650. The summed E-state index contributed by atoms with van der Waals surface area (Å²) in [5.74, 6) is -0.681. The SMILES string of the molecule is C=C(C(=O)ONC(=O)OCC)C1([SiH3])CCCCO1. The van der Waals surface area contributed by atoms with Crippen LogP contribution in [0.4, 0.5) is 4.79 Å². The van der Waals surface area contributed by atoms with Crippen molar-refractivity contribution in [2.75, 3.05) is 13.2 Å². The van der Waals surface area contributed by atoms with E-state index in [0.29, 0.717) is 16.8 Å². The Kier molecular flexibility index (Phi) is 5.36. The fourth-order valence-electron chi connectivity index (χ4n) is 1.70. The van der Waals surface area contributed by atoms with Gasteiger partial charge in [0.2, 0.25) is 0 Å². The first kappa shape index (κ1) is 14.7. The molecule has 0 bridgehead atoms. The van der Waals surface area contributed by atoms with Crippen LogP contribution in [-0.4, -0.2) is 40.7 Å². The minimum Gasteiger partial charge on any atom is -0.448 e. The molecular formula is C11H19NO5Si. The molecule has 0 radical (unpaired) electrons. The second-order valence-corrected chi connectivity index (χ2v) is 5.84. The maximum absolute atomic E-state index is 11.7. The van der Waals surface area contributed by atoms with Gasteiger partial charge in [-0.2, -0.15) is 0 Å². The molecule has 0 saturated carbocycles. The van der Waals surface area contributed by atoms with Crippen LogP contribution in [0, 0.1) is 0 Å². The van der Waals surface area contributed by atoms with Gasteiger partial charge >= 0.3 is 12.1 Å². The van der Waals surface area contributed by atoms with E-state index >= 15 is 0 Å². The minimum atomic E-state index is -0.800. The number of carbonyl (C=O) groups is 2. The summed E-state index contributed by atoms with van der Waals surface area (Å²) in [6.07, 6.45) is 1.96. The summed E-state index contributed by atoms with van der Waals surface area (Å²) in [5.41, 5.74) is 2.16. The molecular weight excluding hydrogens is 254 g/mol. The van der Waals surface area contributed by atoms with Crippen molar-refractivity contribution >= 4 is 22.3 Å². The average molecular weight is 273 g/mol. The van der Waals surface area contributed by atoms with Crippen LogP contribution in [0.5, 0.6) is 0 Å². The molecule has 0 aromatic heterocycles. The van der Waals surface area contributed by atoms with E-state index in [1.165, 1.54) is 0 Å². The topological polar surface area (TPSA) is 73.9 Å². The number of ether oxygens (including phenoxy) is 2. The van der Waals surface area contributed by atoms with Crippen molar-refractivity contribution in [3.63, 3.8) is 0 Å². The number of carbonyl (C=O) groups excluding carboxylic acids is 2. The highest BCUT2D eigenvalue weighted by atomic mass is 28.1.